The number of hydrogen-bond donors (Lipinski definition) is 4. The standard InChI is InChI=1S/C40H45N11O5S/c1-23-30-20-43-39(47-36(30)51(27-9-5-6-10-27)38(56)35(23)25(3)52)46-32-14-13-28(19-41-32)50-17-15-49(16-18-50)22-34(54)42-21-33(53)45-31-12-8-7-11-29(31)37(55)48-40-44-24(2)26(4)57-40/h7-8,11-14,19-20,27H,5-6,9-10,15-18,21-22H2,1-4H3,(H,42,54)(H,45,53)(H,44,48,55)(H,41,43,46,47). The van der Waals surface area contributed by atoms with Gasteiger partial charge in [0.15, 0.2) is 10.9 Å². The van der Waals surface area contributed by atoms with Gasteiger partial charge in [-0.1, -0.05) is 25.0 Å². The molecule has 16 nitrogen and oxygen atoms in total. The fraction of sp³-hybridized carbons (Fsp3) is 0.375. The number of fused-ring (bicyclic) bond motifs is 1. The van der Waals surface area contributed by atoms with Gasteiger partial charge >= 0.3 is 0 Å². The van der Waals surface area contributed by atoms with Crippen LogP contribution in [0.25, 0.3) is 11.0 Å². The second-order valence-corrected chi connectivity index (χ2v) is 15.6. The Balaban J connectivity index is 0.893. The van der Waals surface area contributed by atoms with E-state index in [-0.39, 0.29) is 47.5 Å². The maximum atomic E-state index is 13.5. The van der Waals surface area contributed by atoms with Crippen LogP contribution in [0.5, 0.6) is 0 Å². The maximum Gasteiger partial charge on any atom is 0.263 e. The van der Waals surface area contributed by atoms with Crippen LogP contribution < -0.4 is 31.7 Å². The zero-order valence-corrected chi connectivity index (χ0v) is 33.2. The van der Waals surface area contributed by atoms with Crippen LogP contribution in [0.2, 0.25) is 0 Å². The van der Waals surface area contributed by atoms with E-state index in [9.17, 15) is 24.0 Å². The summed E-state index contributed by atoms with van der Waals surface area (Å²) in [5, 5.41) is 12.5. The molecule has 1 aromatic carbocycles. The lowest BCUT2D eigenvalue weighted by Gasteiger charge is -2.35. The summed E-state index contributed by atoms with van der Waals surface area (Å²) >= 11 is 1.38. The lowest BCUT2D eigenvalue weighted by molar-refractivity contribution is -0.125. The summed E-state index contributed by atoms with van der Waals surface area (Å²) in [5.74, 6) is -0.536. The normalized spacial score (nSPS) is 14.8. The summed E-state index contributed by atoms with van der Waals surface area (Å²) in [6.07, 6.45) is 7.20. The highest BCUT2D eigenvalue weighted by Crippen LogP contribution is 2.32. The van der Waals surface area contributed by atoms with E-state index < -0.39 is 11.8 Å². The van der Waals surface area contributed by atoms with Crippen molar-refractivity contribution in [2.24, 2.45) is 0 Å². The van der Waals surface area contributed by atoms with Gasteiger partial charge in [0, 0.05) is 48.7 Å². The molecule has 4 aromatic heterocycles. The van der Waals surface area contributed by atoms with Gasteiger partial charge in [-0.25, -0.2) is 15.0 Å². The Morgan fingerprint density at radius 1 is 0.877 bits per heavy atom. The molecule has 0 bridgehead atoms. The van der Waals surface area contributed by atoms with E-state index in [0.717, 1.165) is 41.9 Å². The number of pyridine rings is 2. The van der Waals surface area contributed by atoms with Crippen LogP contribution in [0.3, 0.4) is 0 Å². The number of benzene rings is 1. The van der Waals surface area contributed by atoms with E-state index >= 15 is 0 Å². The van der Waals surface area contributed by atoms with Crippen molar-refractivity contribution < 1.29 is 19.2 Å². The molecule has 296 valence electrons. The van der Waals surface area contributed by atoms with Gasteiger partial charge in [0.1, 0.15) is 11.5 Å². The summed E-state index contributed by atoms with van der Waals surface area (Å²) in [5.41, 5.74) is 3.39. The van der Waals surface area contributed by atoms with Gasteiger partial charge in [-0.3, -0.25) is 38.8 Å². The van der Waals surface area contributed by atoms with E-state index in [2.05, 4.69) is 41.1 Å². The van der Waals surface area contributed by atoms with E-state index in [1.807, 2.05) is 30.9 Å². The molecule has 2 fully saturated rings. The van der Waals surface area contributed by atoms with Crippen LogP contribution in [-0.2, 0) is 9.59 Å². The minimum Gasteiger partial charge on any atom is -0.368 e. The molecule has 1 saturated heterocycles. The van der Waals surface area contributed by atoms with Gasteiger partial charge < -0.3 is 20.9 Å². The third kappa shape index (κ3) is 8.84. The summed E-state index contributed by atoms with van der Waals surface area (Å²) in [4.78, 5) is 87.9. The Kier molecular flexibility index (Phi) is 11.7. The van der Waals surface area contributed by atoms with E-state index in [1.165, 1.54) is 18.3 Å². The molecule has 0 atom stereocenters. The van der Waals surface area contributed by atoms with Crippen molar-refractivity contribution in [2.45, 2.75) is 59.4 Å². The molecule has 1 aliphatic heterocycles. The van der Waals surface area contributed by atoms with Crippen molar-refractivity contribution in [3.05, 3.63) is 86.4 Å². The number of carbonyl (C=O) groups excluding carboxylic acids is 4. The Bertz CT molecular complexity index is 2380. The van der Waals surface area contributed by atoms with Gasteiger partial charge in [0.2, 0.25) is 17.8 Å². The highest BCUT2D eigenvalue weighted by atomic mass is 32.1. The summed E-state index contributed by atoms with van der Waals surface area (Å²) in [7, 11) is 0. The number of nitrogens with one attached hydrogen (secondary N) is 4. The number of ketones is 1. The number of Topliss-reactive ketones (excluding diaryl/α,β-unsaturated/α-hetero) is 1. The second kappa shape index (κ2) is 17.0. The molecule has 2 aliphatic rings. The van der Waals surface area contributed by atoms with Crippen LogP contribution in [-0.4, -0.2) is 92.2 Å². The Morgan fingerprint density at radius 2 is 1.63 bits per heavy atom. The number of piperazine rings is 1. The second-order valence-electron chi connectivity index (χ2n) is 14.4. The fourth-order valence-electron chi connectivity index (χ4n) is 7.35. The van der Waals surface area contributed by atoms with Crippen molar-refractivity contribution in [2.75, 3.05) is 60.1 Å². The first-order valence-electron chi connectivity index (χ1n) is 19.0. The largest absolute Gasteiger partial charge is 0.368 e. The number of carbonyl (C=O) groups is 4. The Morgan fingerprint density at radius 3 is 2.32 bits per heavy atom. The van der Waals surface area contributed by atoms with Gasteiger partial charge in [-0.15, -0.1) is 11.3 Å². The molecule has 57 heavy (non-hydrogen) atoms. The number of hydrogen-bond acceptors (Lipinski definition) is 13. The third-order valence-corrected chi connectivity index (χ3v) is 11.5. The van der Waals surface area contributed by atoms with E-state index in [1.54, 1.807) is 48.1 Å². The number of para-hydroxylation sites is 1. The molecule has 5 heterocycles. The maximum absolute atomic E-state index is 13.5. The average Bonchev–Trinajstić information content (AvgIpc) is 3.83. The Labute approximate surface area is 333 Å². The zero-order valence-electron chi connectivity index (χ0n) is 32.3. The highest BCUT2D eigenvalue weighted by molar-refractivity contribution is 7.15. The van der Waals surface area contributed by atoms with Gasteiger partial charge in [-0.2, -0.15) is 4.98 Å². The fourth-order valence-corrected chi connectivity index (χ4v) is 8.16. The smallest absolute Gasteiger partial charge is 0.263 e. The number of nitrogens with zero attached hydrogens (tertiary/aromatic N) is 7. The predicted octanol–water partition coefficient (Wildman–Crippen LogP) is 4.76. The number of rotatable bonds is 12. The molecule has 3 amide bonds. The molecule has 0 unspecified atom stereocenters. The summed E-state index contributed by atoms with van der Waals surface area (Å²) < 4.78 is 1.69. The first-order valence-corrected chi connectivity index (χ1v) is 19.8. The highest BCUT2D eigenvalue weighted by Gasteiger charge is 2.26. The number of amides is 3. The average molecular weight is 792 g/mol. The zero-order chi connectivity index (χ0) is 40.2. The third-order valence-electron chi connectivity index (χ3n) is 10.5. The van der Waals surface area contributed by atoms with Gasteiger partial charge in [-0.05, 0) is 70.4 Å². The van der Waals surface area contributed by atoms with Crippen LogP contribution in [0.15, 0.2) is 53.6 Å². The molecule has 0 spiro atoms. The van der Waals surface area contributed by atoms with Crippen molar-refractivity contribution in [3.8, 4) is 0 Å². The monoisotopic (exact) mass is 791 g/mol. The van der Waals surface area contributed by atoms with Crippen molar-refractivity contribution in [3.63, 3.8) is 0 Å². The molecular weight excluding hydrogens is 747 g/mol. The van der Waals surface area contributed by atoms with E-state index in [4.69, 9.17) is 4.98 Å². The molecule has 5 aromatic rings. The molecular formula is C40H45N11O5S. The SMILES string of the molecule is CC(=O)c1c(C)c2cnc(Nc3ccc(N4CCN(CC(=O)NCC(=O)Nc5ccccc5C(=O)Nc5nc(C)c(C)s5)CC4)cn3)nc2n(C2CCCC2)c1=O. The number of aromatic nitrogens is 5. The first-order chi connectivity index (χ1) is 27.4. The van der Waals surface area contributed by atoms with Crippen LogP contribution in [0, 0.1) is 20.8 Å². The molecule has 1 aliphatic carbocycles. The van der Waals surface area contributed by atoms with Crippen LogP contribution in [0.1, 0.15) is 75.5 Å². The van der Waals surface area contributed by atoms with E-state index in [0.29, 0.717) is 65.4 Å². The quantitative estimate of drug-likeness (QED) is 0.127. The number of anilines is 5. The minimum absolute atomic E-state index is 0.0134. The van der Waals surface area contributed by atoms with Gasteiger partial charge in [0.05, 0.1) is 47.5 Å². The first kappa shape index (κ1) is 39.2. The van der Waals surface area contributed by atoms with Crippen LogP contribution in [0.4, 0.5) is 28.3 Å². The number of aryl methyl sites for hydroxylation is 3. The predicted molar refractivity (Wildman–Crippen MR) is 220 cm³/mol. The molecule has 4 N–H and O–H groups in total. The van der Waals surface area contributed by atoms with Crippen LogP contribution >= 0.6 is 11.3 Å². The summed E-state index contributed by atoms with van der Waals surface area (Å²) in [6.45, 7) is 9.52. The molecule has 7 rings (SSSR count). The Hall–Kier alpha value is -6.07. The topological polar surface area (TPSA) is 196 Å². The van der Waals surface area contributed by atoms with Crippen molar-refractivity contribution in [1.82, 2.24) is 34.7 Å². The summed E-state index contributed by atoms with van der Waals surface area (Å²) in [6, 6.07) is 10.5. The van der Waals surface area contributed by atoms with Gasteiger partial charge in [0.25, 0.3) is 11.5 Å². The minimum atomic E-state index is -0.449. The number of thiazole rings is 1. The molecule has 17 heteroatoms. The van der Waals surface area contributed by atoms with Crippen molar-refractivity contribution >= 4 is 74.1 Å². The lowest BCUT2D eigenvalue weighted by atomic mass is 10.0. The molecule has 1 saturated carbocycles. The lowest BCUT2D eigenvalue weighted by Crippen LogP contribution is -2.50. The van der Waals surface area contributed by atoms with Crippen molar-refractivity contribution in [1.29, 1.82) is 0 Å². The molecule has 0 radical (unpaired) electrons.